The summed E-state index contributed by atoms with van der Waals surface area (Å²) < 4.78 is 0. The van der Waals surface area contributed by atoms with Crippen LogP contribution in [0.15, 0.2) is 35.2 Å². The van der Waals surface area contributed by atoms with E-state index >= 15 is 0 Å². The minimum absolute atomic E-state index is 0.302. The van der Waals surface area contributed by atoms with E-state index in [2.05, 4.69) is 42.7 Å². The van der Waals surface area contributed by atoms with Crippen LogP contribution in [0.5, 0.6) is 0 Å². The third-order valence-corrected chi connectivity index (χ3v) is 2.95. The van der Waals surface area contributed by atoms with Crippen LogP contribution < -0.4 is 0 Å². The number of aliphatic hydroxyl groups excluding tert-OH is 1. The standard InChI is InChI=1S/C13H18OS/c1-15-13-9-7-12(8-10-13)6-4-2-3-5-11-14/h4,6-10,14H,2-3,5,11H2,1H3/b6-4+. The topological polar surface area (TPSA) is 20.2 Å². The number of rotatable bonds is 6. The summed E-state index contributed by atoms with van der Waals surface area (Å²) in [7, 11) is 0. The molecule has 0 amide bonds. The molecule has 15 heavy (non-hydrogen) atoms. The van der Waals surface area contributed by atoms with Crippen LogP contribution in [0.2, 0.25) is 0 Å². The summed E-state index contributed by atoms with van der Waals surface area (Å²) in [6, 6.07) is 8.54. The number of benzene rings is 1. The summed E-state index contributed by atoms with van der Waals surface area (Å²) >= 11 is 1.76. The Labute approximate surface area is 96.2 Å². The summed E-state index contributed by atoms with van der Waals surface area (Å²) in [4.78, 5) is 1.30. The lowest BCUT2D eigenvalue weighted by Gasteiger charge is -1.97. The first kappa shape index (κ1) is 12.3. The van der Waals surface area contributed by atoms with Gasteiger partial charge in [-0.15, -0.1) is 11.8 Å². The number of allylic oxidation sites excluding steroid dienone is 1. The van der Waals surface area contributed by atoms with E-state index in [9.17, 15) is 0 Å². The largest absolute Gasteiger partial charge is 0.396 e. The molecule has 0 atom stereocenters. The van der Waals surface area contributed by atoms with Gasteiger partial charge in [-0.1, -0.05) is 24.3 Å². The zero-order chi connectivity index (χ0) is 10.9. The van der Waals surface area contributed by atoms with Gasteiger partial charge in [0.2, 0.25) is 0 Å². The van der Waals surface area contributed by atoms with E-state index in [-0.39, 0.29) is 0 Å². The summed E-state index contributed by atoms with van der Waals surface area (Å²) in [5, 5.41) is 8.61. The van der Waals surface area contributed by atoms with Gasteiger partial charge in [0, 0.05) is 11.5 Å². The fourth-order valence-electron chi connectivity index (χ4n) is 1.31. The molecule has 1 aromatic carbocycles. The predicted molar refractivity (Wildman–Crippen MR) is 68.2 cm³/mol. The first-order valence-corrected chi connectivity index (χ1v) is 6.50. The SMILES string of the molecule is CSc1ccc(/C=C/CCCCO)cc1. The molecule has 0 aliphatic heterocycles. The normalized spacial score (nSPS) is 11.1. The first-order valence-electron chi connectivity index (χ1n) is 5.28. The Morgan fingerprint density at radius 1 is 1.20 bits per heavy atom. The number of hydrogen-bond donors (Lipinski definition) is 1. The predicted octanol–water partition coefficient (Wildman–Crippen LogP) is 3.58. The third-order valence-electron chi connectivity index (χ3n) is 2.21. The second-order valence-electron chi connectivity index (χ2n) is 3.39. The molecule has 0 heterocycles. The maximum Gasteiger partial charge on any atom is 0.0431 e. The van der Waals surface area contributed by atoms with Gasteiger partial charge in [-0.3, -0.25) is 0 Å². The Hall–Kier alpha value is -0.730. The highest BCUT2D eigenvalue weighted by molar-refractivity contribution is 7.98. The molecule has 0 spiro atoms. The van der Waals surface area contributed by atoms with Gasteiger partial charge >= 0.3 is 0 Å². The van der Waals surface area contributed by atoms with Gasteiger partial charge in [0.1, 0.15) is 0 Å². The Balaban J connectivity index is 2.36. The van der Waals surface area contributed by atoms with Crippen LogP contribution in [0.1, 0.15) is 24.8 Å². The highest BCUT2D eigenvalue weighted by Gasteiger charge is 1.89. The molecule has 0 fully saturated rings. The second kappa shape index (κ2) is 7.55. The van der Waals surface area contributed by atoms with Gasteiger partial charge < -0.3 is 5.11 Å². The highest BCUT2D eigenvalue weighted by Crippen LogP contribution is 2.15. The summed E-state index contributed by atoms with van der Waals surface area (Å²) in [6.07, 6.45) is 9.40. The molecule has 0 aliphatic carbocycles. The average Bonchev–Trinajstić information content (AvgIpc) is 2.30. The maximum absolute atomic E-state index is 8.61. The van der Waals surface area contributed by atoms with Crippen molar-refractivity contribution in [1.29, 1.82) is 0 Å². The molecule has 0 aliphatic rings. The van der Waals surface area contributed by atoms with E-state index in [1.807, 2.05) is 0 Å². The lowest BCUT2D eigenvalue weighted by molar-refractivity contribution is 0.285. The van der Waals surface area contributed by atoms with Crippen LogP contribution in [0, 0.1) is 0 Å². The van der Waals surface area contributed by atoms with E-state index in [1.165, 1.54) is 10.5 Å². The van der Waals surface area contributed by atoms with Crippen molar-refractivity contribution >= 4 is 17.8 Å². The molecule has 1 aromatic rings. The molecule has 0 unspecified atom stereocenters. The van der Waals surface area contributed by atoms with Crippen molar-refractivity contribution in [1.82, 2.24) is 0 Å². The Morgan fingerprint density at radius 3 is 2.53 bits per heavy atom. The van der Waals surface area contributed by atoms with Gasteiger partial charge in [-0.2, -0.15) is 0 Å². The monoisotopic (exact) mass is 222 g/mol. The van der Waals surface area contributed by atoms with E-state index in [1.54, 1.807) is 11.8 Å². The minimum Gasteiger partial charge on any atom is -0.396 e. The van der Waals surface area contributed by atoms with Crippen LogP contribution in [0.25, 0.3) is 6.08 Å². The molecule has 0 aromatic heterocycles. The van der Waals surface area contributed by atoms with E-state index in [0.717, 1.165) is 19.3 Å². The molecule has 2 heteroatoms. The van der Waals surface area contributed by atoms with Crippen LogP contribution in [-0.4, -0.2) is 18.0 Å². The summed E-state index contributed by atoms with van der Waals surface area (Å²) in [5.74, 6) is 0. The average molecular weight is 222 g/mol. The van der Waals surface area contributed by atoms with Gasteiger partial charge in [-0.25, -0.2) is 0 Å². The van der Waals surface area contributed by atoms with Crippen molar-refractivity contribution in [2.24, 2.45) is 0 Å². The highest BCUT2D eigenvalue weighted by atomic mass is 32.2. The second-order valence-corrected chi connectivity index (χ2v) is 4.27. The molecular formula is C13H18OS. The van der Waals surface area contributed by atoms with E-state index in [4.69, 9.17) is 5.11 Å². The molecular weight excluding hydrogens is 204 g/mol. The van der Waals surface area contributed by atoms with Crippen LogP contribution in [-0.2, 0) is 0 Å². The summed E-state index contributed by atoms with van der Waals surface area (Å²) in [5.41, 5.74) is 1.25. The number of thioether (sulfide) groups is 1. The third kappa shape index (κ3) is 5.05. The Bertz CT molecular complexity index is 290. The number of aliphatic hydroxyl groups is 1. The minimum atomic E-state index is 0.302. The fraction of sp³-hybridized carbons (Fsp3) is 0.385. The fourth-order valence-corrected chi connectivity index (χ4v) is 1.72. The van der Waals surface area contributed by atoms with Crippen molar-refractivity contribution in [3.63, 3.8) is 0 Å². The quantitative estimate of drug-likeness (QED) is 0.586. The van der Waals surface area contributed by atoms with Crippen LogP contribution >= 0.6 is 11.8 Å². The van der Waals surface area contributed by atoms with Gasteiger partial charge in [0.05, 0.1) is 0 Å². The molecule has 0 saturated heterocycles. The Morgan fingerprint density at radius 2 is 1.93 bits per heavy atom. The zero-order valence-electron chi connectivity index (χ0n) is 9.15. The molecule has 0 bridgehead atoms. The lowest BCUT2D eigenvalue weighted by atomic mass is 10.1. The van der Waals surface area contributed by atoms with Crippen molar-refractivity contribution < 1.29 is 5.11 Å². The molecule has 1 rings (SSSR count). The van der Waals surface area contributed by atoms with Gasteiger partial charge in [-0.05, 0) is 43.2 Å². The van der Waals surface area contributed by atoms with Crippen molar-refractivity contribution in [3.05, 3.63) is 35.9 Å². The molecule has 1 N–H and O–H groups in total. The van der Waals surface area contributed by atoms with Crippen LogP contribution in [0.3, 0.4) is 0 Å². The first-order chi connectivity index (χ1) is 7.36. The Kier molecular flexibility index (Phi) is 6.21. The van der Waals surface area contributed by atoms with E-state index in [0.29, 0.717) is 6.61 Å². The molecule has 82 valence electrons. The van der Waals surface area contributed by atoms with Crippen LogP contribution in [0.4, 0.5) is 0 Å². The maximum atomic E-state index is 8.61. The lowest BCUT2D eigenvalue weighted by Crippen LogP contribution is -1.80. The number of hydrogen-bond acceptors (Lipinski definition) is 2. The van der Waals surface area contributed by atoms with Gasteiger partial charge in [0.15, 0.2) is 0 Å². The molecule has 0 saturated carbocycles. The zero-order valence-corrected chi connectivity index (χ0v) is 9.96. The number of unbranched alkanes of at least 4 members (excludes halogenated alkanes) is 2. The smallest absolute Gasteiger partial charge is 0.0431 e. The van der Waals surface area contributed by atoms with Gasteiger partial charge in [0.25, 0.3) is 0 Å². The van der Waals surface area contributed by atoms with Crippen molar-refractivity contribution in [2.45, 2.75) is 24.2 Å². The molecule has 0 radical (unpaired) electrons. The molecule has 1 nitrogen and oxygen atoms in total. The van der Waals surface area contributed by atoms with Crippen molar-refractivity contribution in [2.75, 3.05) is 12.9 Å². The summed E-state index contributed by atoms with van der Waals surface area (Å²) in [6.45, 7) is 0.302. The van der Waals surface area contributed by atoms with Crippen molar-refractivity contribution in [3.8, 4) is 0 Å². The van der Waals surface area contributed by atoms with E-state index < -0.39 is 0 Å².